The van der Waals surface area contributed by atoms with Crippen molar-refractivity contribution in [3.05, 3.63) is 0 Å². The summed E-state index contributed by atoms with van der Waals surface area (Å²) < 4.78 is 0. The monoisotopic (exact) mass is 160 g/mol. The zero-order valence-corrected chi connectivity index (χ0v) is 7.75. The van der Waals surface area contributed by atoms with Crippen molar-refractivity contribution in [1.29, 1.82) is 0 Å². The predicted octanol–water partition coefficient (Wildman–Crippen LogP) is 1.41. The summed E-state index contributed by atoms with van der Waals surface area (Å²) in [6, 6.07) is 0. The Hall–Kier alpha value is -0.0800. The van der Waals surface area contributed by atoms with Gasteiger partial charge in [0.1, 0.15) is 0 Å². The van der Waals surface area contributed by atoms with Crippen LogP contribution in [0.1, 0.15) is 33.6 Å². The summed E-state index contributed by atoms with van der Waals surface area (Å²) in [4.78, 5) is 0. The molecule has 0 bridgehead atoms. The summed E-state index contributed by atoms with van der Waals surface area (Å²) in [5, 5.41) is 17.8. The highest BCUT2D eigenvalue weighted by atomic mass is 16.3. The lowest BCUT2D eigenvalue weighted by Gasteiger charge is -2.16. The van der Waals surface area contributed by atoms with E-state index >= 15 is 0 Å². The molecule has 0 aromatic rings. The van der Waals surface area contributed by atoms with E-state index in [-0.39, 0.29) is 12.7 Å². The van der Waals surface area contributed by atoms with Gasteiger partial charge >= 0.3 is 0 Å². The van der Waals surface area contributed by atoms with Gasteiger partial charge in [-0.3, -0.25) is 0 Å². The SMILES string of the molecule is CC(O)CC(C)CC(C)CO. The molecule has 0 aromatic heterocycles. The van der Waals surface area contributed by atoms with Crippen molar-refractivity contribution in [3.8, 4) is 0 Å². The molecular weight excluding hydrogens is 140 g/mol. The maximum Gasteiger partial charge on any atom is 0.0514 e. The van der Waals surface area contributed by atoms with E-state index in [0.29, 0.717) is 11.8 Å². The van der Waals surface area contributed by atoms with Crippen LogP contribution < -0.4 is 0 Å². The summed E-state index contributed by atoms with van der Waals surface area (Å²) >= 11 is 0. The summed E-state index contributed by atoms with van der Waals surface area (Å²) in [7, 11) is 0. The second-order valence-electron chi connectivity index (χ2n) is 3.71. The van der Waals surface area contributed by atoms with Gasteiger partial charge in [0, 0.05) is 6.61 Å². The number of aliphatic hydroxyl groups is 2. The quantitative estimate of drug-likeness (QED) is 0.638. The van der Waals surface area contributed by atoms with Gasteiger partial charge < -0.3 is 10.2 Å². The number of rotatable bonds is 5. The van der Waals surface area contributed by atoms with Crippen LogP contribution in [0, 0.1) is 11.8 Å². The molecule has 0 rings (SSSR count). The molecule has 0 aliphatic rings. The molecule has 0 amide bonds. The van der Waals surface area contributed by atoms with E-state index in [4.69, 9.17) is 10.2 Å². The first-order valence-electron chi connectivity index (χ1n) is 4.35. The molecule has 2 heteroatoms. The van der Waals surface area contributed by atoms with Crippen molar-refractivity contribution >= 4 is 0 Å². The lowest BCUT2D eigenvalue weighted by molar-refractivity contribution is 0.147. The summed E-state index contributed by atoms with van der Waals surface area (Å²) in [5.41, 5.74) is 0. The van der Waals surface area contributed by atoms with Crippen molar-refractivity contribution in [1.82, 2.24) is 0 Å². The average molecular weight is 160 g/mol. The Morgan fingerprint density at radius 2 is 1.55 bits per heavy atom. The summed E-state index contributed by atoms with van der Waals surface area (Å²) in [6.45, 7) is 6.20. The van der Waals surface area contributed by atoms with Gasteiger partial charge in [0.2, 0.25) is 0 Å². The van der Waals surface area contributed by atoms with Crippen molar-refractivity contribution in [2.45, 2.75) is 39.7 Å². The molecular formula is C9H20O2. The van der Waals surface area contributed by atoms with E-state index in [1.165, 1.54) is 0 Å². The second kappa shape index (κ2) is 5.56. The largest absolute Gasteiger partial charge is 0.396 e. The van der Waals surface area contributed by atoms with E-state index in [1.807, 2.05) is 6.92 Å². The summed E-state index contributed by atoms with van der Waals surface area (Å²) in [5.74, 6) is 0.876. The Labute approximate surface area is 69.2 Å². The molecule has 3 unspecified atom stereocenters. The molecule has 11 heavy (non-hydrogen) atoms. The van der Waals surface area contributed by atoms with Crippen LogP contribution in [0.15, 0.2) is 0 Å². The molecule has 0 saturated carbocycles. The van der Waals surface area contributed by atoms with E-state index in [0.717, 1.165) is 12.8 Å². The number of hydrogen-bond donors (Lipinski definition) is 2. The fraction of sp³-hybridized carbons (Fsp3) is 1.00. The molecule has 0 heterocycles. The topological polar surface area (TPSA) is 40.5 Å². The van der Waals surface area contributed by atoms with Gasteiger partial charge in [-0.15, -0.1) is 0 Å². The van der Waals surface area contributed by atoms with Crippen LogP contribution in [0.5, 0.6) is 0 Å². The zero-order chi connectivity index (χ0) is 8.85. The van der Waals surface area contributed by atoms with Gasteiger partial charge in [-0.05, 0) is 31.6 Å². The van der Waals surface area contributed by atoms with Crippen LogP contribution in [-0.4, -0.2) is 22.9 Å². The second-order valence-corrected chi connectivity index (χ2v) is 3.71. The molecule has 0 aliphatic carbocycles. The van der Waals surface area contributed by atoms with Gasteiger partial charge in [-0.1, -0.05) is 13.8 Å². The highest BCUT2D eigenvalue weighted by molar-refractivity contribution is 4.61. The maximum atomic E-state index is 9.05. The number of hydrogen-bond acceptors (Lipinski definition) is 2. The van der Waals surface area contributed by atoms with Crippen molar-refractivity contribution in [3.63, 3.8) is 0 Å². The number of aliphatic hydroxyl groups excluding tert-OH is 2. The van der Waals surface area contributed by atoms with Gasteiger partial charge in [0.25, 0.3) is 0 Å². The summed E-state index contributed by atoms with van der Waals surface area (Å²) in [6.07, 6.45) is 1.63. The van der Waals surface area contributed by atoms with Crippen LogP contribution in [0.2, 0.25) is 0 Å². The molecule has 3 atom stereocenters. The minimum absolute atomic E-state index is 0.212. The Morgan fingerprint density at radius 1 is 1.00 bits per heavy atom. The molecule has 0 aromatic carbocycles. The normalized spacial score (nSPS) is 19.4. The third-order valence-electron chi connectivity index (χ3n) is 1.86. The lowest BCUT2D eigenvalue weighted by Crippen LogP contribution is -2.12. The van der Waals surface area contributed by atoms with Crippen molar-refractivity contribution < 1.29 is 10.2 Å². The first-order chi connectivity index (χ1) is 5.06. The van der Waals surface area contributed by atoms with Crippen LogP contribution in [-0.2, 0) is 0 Å². The van der Waals surface area contributed by atoms with Gasteiger partial charge in [0.05, 0.1) is 6.10 Å². The Kier molecular flexibility index (Phi) is 5.51. The fourth-order valence-electron chi connectivity index (χ4n) is 1.44. The van der Waals surface area contributed by atoms with E-state index in [2.05, 4.69) is 6.92 Å². The van der Waals surface area contributed by atoms with Crippen LogP contribution >= 0.6 is 0 Å². The first kappa shape index (κ1) is 10.9. The first-order valence-corrected chi connectivity index (χ1v) is 4.35. The Balaban J connectivity index is 3.43. The third-order valence-corrected chi connectivity index (χ3v) is 1.86. The van der Waals surface area contributed by atoms with Crippen molar-refractivity contribution in [2.24, 2.45) is 11.8 Å². The van der Waals surface area contributed by atoms with Gasteiger partial charge in [-0.2, -0.15) is 0 Å². The fourth-order valence-corrected chi connectivity index (χ4v) is 1.44. The van der Waals surface area contributed by atoms with Crippen molar-refractivity contribution in [2.75, 3.05) is 6.61 Å². The van der Waals surface area contributed by atoms with Gasteiger partial charge in [-0.25, -0.2) is 0 Å². The van der Waals surface area contributed by atoms with E-state index < -0.39 is 0 Å². The molecule has 0 spiro atoms. The highest BCUT2D eigenvalue weighted by Crippen LogP contribution is 2.15. The highest BCUT2D eigenvalue weighted by Gasteiger charge is 2.09. The van der Waals surface area contributed by atoms with Crippen LogP contribution in [0.3, 0.4) is 0 Å². The van der Waals surface area contributed by atoms with E-state index in [9.17, 15) is 0 Å². The van der Waals surface area contributed by atoms with Crippen LogP contribution in [0.4, 0.5) is 0 Å². The average Bonchev–Trinajstić information content (AvgIpc) is 1.85. The molecule has 2 N–H and O–H groups in total. The minimum atomic E-state index is -0.212. The van der Waals surface area contributed by atoms with E-state index in [1.54, 1.807) is 6.92 Å². The minimum Gasteiger partial charge on any atom is -0.396 e. The molecule has 2 nitrogen and oxygen atoms in total. The van der Waals surface area contributed by atoms with Gasteiger partial charge in [0.15, 0.2) is 0 Å². The Bertz CT molecular complexity index is 91.6. The third kappa shape index (κ3) is 6.32. The lowest BCUT2D eigenvalue weighted by atomic mass is 9.93. The molecule has 0 saturated heterocycles. The predicted molar refractivity (Wildman–Crippen MR) is 46.3 cm³/mol. The zero-order valence-electron chi connectivity index (χ0n) is 7.75. The molecule has 0 fully saturated rings. The Morgan fingerprint density at radius 3 is 1.91 bits per heavy atom. The standard InChI is InChI=1S/C9H20O2/c1-7(5-9(3)11)4-8(2)6-10/h7-11H,4-6H2,1-3H3. The maximum absolute atomic E-state index is 9.05. The van der Waals surface area contributed by atoms with Crippen LogP contribution in [0.25, 0.3) is 0 Å². The molecule has 0 aliphatic heterocycles. The molecule has 68 valence electrons. The smallest absolute Gasteiger partial charge is 0.0514 e. The molecule has 0 radical (unpaired) electrons.